The molecule has 1 nitrogen and oxygen atoms in total. The summed E-state index contributed by atoms with van der Waals surface area (Å²) in [6.45, 7) is 2.29. The fourth-order valence-electron chi connectivity index (χ4n) is 5.05. The first kappa shape index (κ1) is 20.7. The molecule has 0 heterocycles. The van der Waals surface area contributed by atoms with E-state index in [1.165, 1.54) is 63.9 Å². The summed E-state index contributed by atoms with van der Waals surface area (Å²) in [5.74, 6) is -1.06. The van der Waals surface area contributed by atoms with Crippen molar-refractivity contribution in [2.45, 2.75) is 90.3 Å². The maximum absolute atomic E-state index is 13.7. The van der Waals surface area contributed by atoms with Gasteiger partial charge in [0.05, 0.1) is 12.7 Å². The molecule has 2 fully saturated rings. The molecule has 0 aliphatic heterocycles. The Morgan fingerprint density at radius 1 is 0.852 bits per heavy atom. The molecule has 152 valence electrons. The topological polar surface area (TPSA) is 9.23 Å². The van der Waals surface area contributed by atoms with Crippen LogP contribution < -0.4 is 0 Å². The fraction of sp³-hybridized carbons (Fsp3) is 0.739. The van der Waals surface area contributed by atoms with Gasteiger partial charge in [0, 0.05) is 5.56 Å². The summed E-state index contributed by atoms with van der Waals surface area (Å²) in [4.78, 5) is 0. The van der Waals surface area contributed by atoms with Gasteiger partial charge in [-0.15, -0.1) is 0 Å². The van der Waals surface area contributed by atoms with Crippen molar-refractivity contribution < 1.29 is 17.9 Å². The molecule has 2 aliphatic carbocycles. The summed E-state index contributed by atoms with van der Waals surface area (Å²) in [5.41, 5.74) is 0.0985. The molecule has 2 saturated carbocycles. The average molecular weight is 383 g/mol. The first-order valence-corrected chi connectivity index (χ1v) is 10.8. The Balaban J connectivity index is 1.39. The molecule has 0 saturated heterocycles. The van der Waals surface area contributed by atoms with Crippen molar-refractivity contribution in [2.24, 2.45) is 17.8 Å². The van der Waals surface area contributed by atoms with Gasteiger partial charge in [-0.1, -0.05) is 45.1 Å². The highest BCUT2D eigenvalue weighted by atomic mass is 19.2. The van der Waals surface area contributed by atoms with Crippen molar-refractivity contribution in [1.29, 1.82) is 0 Å². The van der Waals surface area contributed by atoms with Crippen LogP contribution >= 0.6 is 0 Å². The van der Waals surface area contributed by atoms with Crippen LogP contribution in [0.25, 0.3) is 0 Å². The molecule has 0 amide bonds. The van der Waals surface area contributed by atoms with Gasteiger partial charge in [0.1, 0.15) is 0 Å². The molecule has 2 aliphatic rings. The van der Waals surface area contributed by atoms with Gasteiger partial charge in [-0.25, -0.2) is 13.2 Å². The predicted octanol–water partition coefficient (Wildman–Crippen LogP) is 7.18. The molecular weight excluding hydrogens is 349 g/mol. The highest BCUT2D eigenvalue weighted by molar-refractivity contribution is 5.19. The molecular formula is C23H33F3O. The standard InChI is InChI=1S/C23H33F3O/c1-2-3-4-16-5-7-17(8-6-16)18-9-12-20(13-10-18)27-15-19-11-14-21(24)23(26)22(19)25/h11,14,16-18,20H,2-10,12-13,15H2,1H3. The first-order valence-electron chi connectivity index (χ1n) is 10.8. The Morgan fingerprint density at radius 3 is 2.11 bits per heavy atom. The summed E-state index contributed by atoms with van der Waals surface area (Å²) in [6.07, 6.45) is 14.1. The normalized spacial score (nSPS) is 29.0. The van der Waals surface area contributed by atoms with Crippen LogP contribution in [-0.4, -0.2) is 6.10 Å². The lowest BCUT2D eigenvalue weighted by atomic mass is 9.70. The van der Waals surface area contributed by atoms with E-state index in [0.29, 0.717) is 0 Å². The SMILES string of the molecule is CCCCC1CCC(C2CCC(OCc3ccc(F)c(F)c3F)CC2)CC1. The predicted molar refractivity (Wildman–Crippen MR) is 102 cm³/mol. The highest BCUT2D eigenvalue weighted by Gasteiger charge is 2.31. The molecule has 1 aromatic rings. The van der Waals surface area contributed by atoms with Gasteiger partial charge in [0.15, 0.2) is 17.5 Å². The second-order valence-electron chi connectivity index (χ2n) is 8.61. The minimum Gasteiger partial charge on any atom is -0.373 e. The Morgan fingerprint density at radius 2 is 1.48 bits per heavy atom. The van der Waals surface area contributed by atoms with E-state index in [9.17, 15) is 13.2 Å². The van der Waals surface area contributed by atoms with Crippen molar-refractivity contribution >= 4 is 0 Å². The summed E-state index contributed by atoms with van der Waals surface area (Å²) in [6, 6.07) is 2.24. The molecule has 27 heavy (non-hydrogen) atoms. The van der Waals surface area contributed by atoms with Gasteiger partial charge in [0.25, 0.3) is 0 Å². The van der Waals surface area contributed by atoms with Crippen molar-refractivity contribution in [1.82, 2.24) is 0 Å². The van der Waals surface area contributed by atoms with Crippen molar-refractivity contribution in [3.05, 3.63) is 35.1 Å². The van der Waals surface area contributed by atoms with Crippen LogP contribution in [0.15, 0.2) is 12.1 Å². The molecule has 0 atom stereocenters. The third-order valence-corrected chi connectivity index (χ3v) is 6.83. The lowest BCUT2D eigenvalue weighted by Crippen LogP contribution is -2.28. The van der Waals surface area contributed by atoms with Crippen LogP contribution in [0.4, 0.5) is 13.2 Å². The van der Waals surface area contributed by atoms with Crippen molar-refractivity contribution in [3.63, 3.8) is 0 Å². The molecule has 1 aromatic carbocycles. The van der Waals surface area contributed by atoms with Gasteiger partial charge in [-0.05, 0) is 62.3 Å². The molecule has 4 heteroatoms. The number of hydrogen-bond acceptors (Lipinski definition) is 1. The van der Waals surface area contributed by atoms with E-state index in [1.54, 1.807) is 0 Å². The molecule has 0 radical (unpaired) electrons. The summed E-state index contributed by atoms with van der Waals surface area (Å²) in [5, 5.41) is 0. The maximum atomic E-state index is 13.7. The van der Waals surface area contributed by atoms with Gasteiger partial charge < -0.3 is 4.74 Å². The van der Waals surface area contributed by atoms with Crippen LogP contribution in [0.3, 0.4) is 0 Å². The van der Waals surface area contributed by atoms with E-state index < -0.39 is 17.5 Å². The molecule has 3 rings (SSSR count). The lowest BCUT2D eigenvalue weighted by Gasteiger charge is -2.37. The number of rotatable bonds is 7. The largest absolute Gasteiger partial charge is 0.373 e. The van der Waals surface area contributed by atoms with Gasteiger partial charge in [0.2, 0.25) is 0 Å². The second-order valence-corrected chi connectivity index (χ2v) is 8.61. The Hall–Kier alpha value is -1.03. The van der Waals surface area contributed by atoms with Gasteiger partial charge >= 0.3 is 0 Å². The van der Waals surface area contributed by atoms with E-state index in [-0.39, 0.29) is 18.3 Å². The van der Waals surface area contributed by atoms with Crippen LogP contribution in [0, 0.1) is 35.2 Å². The zero-order valence-electron chi connectivity index (χ0n) is 16.5. The number of unbranched alkanes of at least 4 members (excludes halogenated alkanes) is 1. The quantitative estimate of drug-likeness (QED) is 0.454. The maximum Gasteiger partial charge on any atom is 0.194 e. The zero-order chi connectivity index (χ0) is 19.2. The van der Waals surface area contributed by atoms with E-state index in [1.807, 2.05) is 0 Å². The average Bonchev–Trinajstić information content (AvgIpc) is 2.71. The molecule has 0 N–H and O–H groups in total. The van der Waals surface area contributed by atoms with Crippen molar-refractivity contribution in [3.8, 4) is 0 Å². The number of hydrogen-bond donors (Lipinski definition) is 0. The van der Waals surface area contributed by atoms with E-state index in [2.05, 4.69) is 6.92 Å². The minimum absolute atomic E-state index is 0.0148. The Bertz CT molecular complexity index is 588. The van der Waals surface area contributed by atoms with Crippen molar-refractivity contribution in [2.75, 3.05) is 0 Å². The van der Waals surface area contributed by atoms with Crippen LogP contribution in [0.1, 0.15) is 83.1 Å². The highest BCUT2D eigenvalue weighted by Crippen LogP contribution is 2.41. The molecule has 0 spiro atoms. The monoisotopic (exact) mass is 382 g/mol. The third-order valence-electron chi connectivity index (χ3n) is 6.83. The molecule has 0 unspecified atom stereocenters. The van der Waals surface area contributed by atoms with Crippen LogP contribution in [0.2, 0.25) is 0 Å². The van der Waals surface area contributed by atoms with Crippen LogP contribution in [0.5, 0.6) is 0 Å². The summed E-state index contributed by atoms with van der Waals surface area (Å²) >= 11 is 0. The summed E-state index contributed by atoms with van der Waals surface area (Å²) < 4.78 is 45.9. The van der Waals surface area contributed by atoms with E-state index in [0.717, 1.165) is 36.7 Å². The zero-order valence-corrected chi connectivity index (χ0v) is 16.5. The Labute approximate surface area is 161 Å². The van der Waals surface area contributed by atoms with Gasteiger partial charge in [-0.2, -0.15) is 0 Å². The second kappa shape index (κ2) is 9.95. The molecule has 0 bridgehead atoms. The Kier molecular flexibility index (Phi) is 7.63. The number of benzene rings is 1. The summed E-state index contributed by atoms with van der Waals surface area (Å²) in [7, 11) is 0. The smallest absolute Gasteiger partial charge is 0.194 e. The number of halogens is 3. The first-order chi connectivity index (χ1) is 13.1. The third kappa shape index (κ3) is 5.49. The van der Waals surface area contributed by atoms with Gasteiger partial charge in [-0.3, -0.25) is 0 Å². The van der Waals surface area contributed by atoms with Crippen LogP contribution in [-0.2, 0) is 11.3 Å². The minimum atomic E-state index is -1.41. The molecule has 0 aromatic heterocycles. The fourth-order valence-corrected chi connectivity index (χ4v) is 5.05. The lowest BCUT2D eigenvalue weighted by molar-refractivity contribution is -0.00408. The van der Waals surface area contributed by atoms with E-state index in [4.69, 9.17) is 4.74 Å². The van der Waals surface area contributed by atoms with E-state index >= 15 is 0 Å². The number of ether oxygens (including phenoxy) is 1.